The van der Waals surface area contributed by atoms with Gasteiger partial charge in [0.05, 0.1) is 0 Å². The number of aryl methyl sites for hydroxylation is 1. The molecule has 92 valence electrons. The van der Waals surface area contributed by atoms with Crippen LogP contribution in [0, 0.1) is 16.7 Å². The van der Waals surface area contributed by atoms with Crippen molar-refractivity contribution in [2.45, 2.75) is 39.2 Å². The monoisotopic (exact) mass is 231 g/mol. The third-order valence-electron chi connectivity index (χ3n) is 3.87. The third-order valence-corrected chi connectivity index (χ3v) is 3.87. The molecule has 0 amide bonds. The fourth-order valence-corrected chi connectivity index (χ4v) is 2.75. The first-order valence-corrected chi connectivity index (χ1v) is 6.39. The van der Waals surface area contributed by atoms with Crippen LogP contribution in [0.4, 0.5) is 0 Å². The van der Waals surface area contributed by atoms with Gasteiger partial charge in [-0.15, -0.1) is 0 Å². The molecule has 0 unspecified atom stereocenters. The van der Waals surface area contributed by atoms with Gasteiger partial charge in [0.25, 0.3) is 0 Å². The fraction of sp³-hybridized carbons (Fsp3) is 0.643. The van der Waals surface area contributed by atoms with Gasteiger partial charge in [-0.25, -0.2) is 0 Å². The molecule has 0 atom stereocenters. The van der Waals surface area contributed by atoms with E-state index >= 15 is 0 Å². The van der Waals surface area contributed by atoms with Crippen molar-refractivity contribution in [3.05, 3.63) is 23.5 Å². The van der Waals surface area contributed by atoms with Crippen LogP contribution in [0.15, 0.2) is 12.3 Å². The zero-order valence-corrected chi connectivity index (χ0v) is 10.8. The Kier molecular flexibility index (Phi) is 3.54. The molecule has 1 aliphatic carbocycles. The highest BCUT2D eigenvalue weighted by Crippen LogP contribution is 2.36. The molecule has 17 heavy (non-hydrogen) atoms. The van der Waals surface area contributed by atoms with Crippen molar-refractivity contribution in [1.29, 1.82) is 5.26 Å². The first kappa shape index (κ1) is 12.2. The van der Waals surface area contributed by atoms with Crippen LogP contribution in [-0.4, -0.2) is 11.1 Å². The molecular weight excluding hydrogens is 210 g/mol. The van der Waals surface area contributed by atoms with Crippen LogP contribution < -0.4 is 5.32 Å². The average molecular weight is 231 g/mol. The lowest BCUT2D eigenvalue weighted by Gasteiger charge is -2.23. The van der Waals surface area contributed by atoms with Crippen molar-refractivity contribution < 1.29 is 0 Å². The van der Waals surface area contributed by atoms with E-state index in [2.05, 4.69) is 18.3 Å². The van der Waals surface area contributed by atoms with E-state index in [1.165, 1.54) is 31.2 Å². The van der Waals surface area contributed by atoms with Gasteiger partial charge in [0.2, 0.25) is 0 Å². The van der Waals surface area contributed by atoms with Gasteiger partial charge < -0.3 is 9.88 Å². The number of nitrogens with zero attached hydrogens (tertiary/aromatic N) is 2. The Morgan fingerprint density at radius 2 is 2.18 bits per heavy atom. The number of nitrogens with one attached hydrogen (secondary N) is 1. The first-order valence-electron chi connectivity index (χ1n) is 6.39. The normalized spacial score (nSPS) is 18.2. The Morgan fingerprint density at radius 1 is 1.47 bits per heavy atom. The van der Waals surface area contributed by atoms with E-state index in [0.717, 1.165) is 18.8 Å². The summed E-state index contributed by atoms with van der Waals surface area (Å²) in [4.78, 5) is 0. The second kappa shape index (κ2) is 4.93. The highest BCUT2D eigenvalue weighted by molar-refractivity contribution is 5.28. The predicted octanol–water partition coefficient (Wildman–Crippen LogP) is 2.57. The summed E-state index contributed by atoms with van der Waals surface area (Å²) in [5.41, 5.74) is 2.42. The summed E-state index contributed by atoms with van der Waals surface area (Å²) in [5, 5.41) is 12.4. The summed E-state index contributed by atoms with van der Waals surface area (Å²) in [6, 6.07) is 4.15. The second-order valence-electron chi connectivity index (χ2n) is 5.58. The zero-order valence-electron chi connectivity index (χ0n) is 10.8. The molecule has 0 aromatic carbocycles. The van der Waals surface area contributed by atoms with Crippen molar-refractivity contribution in [3.63, 3.8) is 0 Å². The summed E-state index contributed by atoms with van der Waals surface area (Å²) in [6.45, 7) is 4.33. The minimum atomic E-state index is 0.493. The molecule has 1 aliphatic rings. The lowest BCUT2D eigenvalue weighted by Crippen LogP contribution is -2.29. The standard InChI is InChI=1S/C14H21N3/c1-14(5-3-4-6-14)11-16-9-12-7-13(8-15)17(2)10-12/h7,10,16H,3-6,9,11H2,1-2H3. The van der Waals surface area contributed by atoms with Crippen LogP contribution in [0.3, 0.4) is 0 Å². The van der Waals surface area contributed by atoms with Crippen LogP contribution in [0.2, 0.25) is 0 Å². The van der Waals surface area contributed by atoms with Crippen LogP contribution >= 0.6 is 0 Å². The van der Waals surface area contributed by atoms with E-state index in [1.54, 1.807) is 0 Å². The SMILES string of the molecule is Cn1cc(CNCC2(C)CCCC2)cc1C#N. The van der Waals surface area contributed by atoms with Crippen molar-refractivity contribution in [1.82, 2.24) is 9.88 Å². The molecule has 2 rings (SSSR count). The maximum atomic E-state index is 8.88. The van der Waals surface area contributed by atoms with Crippen molar-refractivity contribution in [3.8, 4) is 6.07 Å². The number of rotatable bonds is 4. The van der Waals surface area contributed by atoms with E-state index in [-0.39, 0.29) is 0 Å². The molecule has 1 fully saturated rings. The van der Waals surface area contributed by atoms with E-state index in [9.17, 15) is 0 Å². The molecule has 0 bridgehead atoms. The predicted molar refractivity (Wildman–Crippen MR) is 68.4 cm³/mol. The van der Waals surface area contributed by atoms with Crippen LogP contribution in [0.5, 0.6) is 0 Å². The molecule has 1 N–H and O–H groups in total. The summed E-state index contributed by atoms with van der Waals surface area (Å²) >= 11 is 0. The molecule has 1 heterocycles. The number of hydrogen-bond acceptors (Lipinski definition) is 2. The average Bonchev–Trinajstić information content (AvgIpc) is 2.86. The fourth-order valence-electron chi connectivity index (χ4n) is 2.75. The second-order valence-corrected chi connectivity index (χ2v) is 5.58. The van der Waals surface area contributed by atoms with Crippen molar-refractivity contribution in [2.75, 3.05) is 6.54 Å². The van der Waals surface area contributed by atoms with Crippen LogP contribution in [0.1, 0.15) is 43.9 Å². The lowest BCUT2D eigenvalue weighted by atomic mass is 9.89. The first-order chi connectivity index (χ1) is 8.13. The minimum Gasteiger partial charge on any atom is -0.342 e. The number of hydrogen-bond donors (Lipinski definition) is 1. The molecule has 1 aromatic heterocycles. The van der Waals surface area contributed by atoms with Crippen molar-refractivity contribution in [2.24, 2.45) is 12.5 Å². The molecule has 0 spiro atoms. The van der Waals surface area contributed by atoms with Gasteiger partial charge >= 0.3 is 0 Å². The van der Waals surface area contributed by atoms with Crippen molar-refractivity contribution >= 4 is 0 Å². The summed E-state index contributed by atoms with van der Waals surface area (Å²) < 4.78 is 1.88. The summed E-state index contributed by atoms with van der Waals surface area (Å²) in [7, 11) is 1.92. The molecular formula is C14H21N3. The van der Waals surface area contributed by atoms with Gasteiger partial charge in [-0.1, -0.05) is 19.8 Å². The molecule has 0 radical (unpaired) electrons. The molecule has 1 aromatic rings. The van der Waals surface area contributed by atoms with Gasteiger partial charge in [0.15, 0.2) is 0 Å². The summed E-state index contributed by atoms with van der Waals surface area (Å²) in [6.07, 6.45) is 7.48. The highest BCUT2D eigenvalue weighted by Gasteiger charge is 2.27. The molecule has 0 saturated heterocycles. The molecule has 3 heteroatoms. The molecule has 3 nitrogen and oxygen atoms in total. The largest absolute Gasteiger partial charge is 0.342 e. The van der Waals surface area contributed by atoms with Crippen LogP contribution in [-0.2, 0) is 13.6 Å². The Balaban J connectivity index is 1.84. The van der Waals surface area contributed by atoms with Gasteiger partial charge in [0.1, 0.15) is 11.8 Å². The number of aromatic nitrogens is 1. The Morgan fingerprint density at radius 3 is 2.76 bits per heavy atom. The van der Waals surface area contributed by atoms with Gasteiger partial charge in [-0.2, -0.15) is 5.26 Å². The van der Waals surface area contributed by atoms with Crippen LogP contribution in [0.25, 0.3) is 0 Å². The highest BCUT2D eigenvalue weighted by atomic mass is 14.9. The maximum Gasteiger partial charge on any atom is 0.120 e. The van der Waals surface area contributed by atoms with E-state index in [0.29, 0.717) is 5.41 Å². The van der Waals surface area contributed by atoms with E-state index in [4.69, 9.17) is 5.26 Å². The van der Waals surface area contributed by atoms with Gasteiger partial charge in [-0.3, -0.25) is 0 Å². The third kappa shape index (κ3) is 2.89. The van der Waals surface area contributed by atoms with E-state index in [1.807, 2.05) is 23.9 Å². The van der Waals surface area contributed by atoms with Gasteiger partial charge in [-0.05, 0) is 29.9 Å². The Bertz CT molecular complexity index is 419. The zero-order chi connectivity index (χ0) is 12.3. The quantitative estimate of drug-likeness (QED) is 0.865. The van der Waals surface area contributed by atoms with E-state index < -0.39 is 0 Å². The Labute approximate surface area is 103 Å². The smallest absolute Gasteiger partial charge is 0.120 e. The summed E-state index contributed by atoms with van der Waals surface area (Å²) in [5.74, 6) is 0. The lowest BCUT2D eigenvalue weighted by molar-refractivity contribution is 0.314. The minimum absolute atomic E-state index is 0.493. The van der Waals surface area contributed by atoms with Gasteiger partial charge in [0, 0.05) is 26.3 Å². The maximum absolute atomic E-state index is 8.88. The topological polar surface area (TPSA) is 40.8 Å². The number of nitriles is 1. The molecule has 1 saturated carbocycles. The molecule has 0 aliphatic heterocycles. The Hall–Kier alpha value is -1.27.